The molecule has 1 aromatic heterocycles. The van der Waals surface area contributed by atoms with E-state index in [1.165, 1.54) is 16.7 Å². The van der Waals surface area contributed by atoms with E-state index in [1.54, 1.807) is 0 Å². The molecule has 0 saturated heterocycles. The van der Waals surface area contributed by atoms with Gasteiger partial charge in [0.2, 0.25) is 0 Å². The molecule has 0 radical (unpaired) electrons. The first kappa shape index (κ1) is 14.0. The molecule has 0 spiro atoms. The minimum absolute atomic E-state index is 0.558. The van der Waals surface area contributed by atoms with Crippen LogP contribution in [0.3, 0.4) is 0 Å². The van der Waals surface area contributed by atoms with Crippen LogP contribution in [0.15, 0.2) is 18.2 Å². The Morgan fingerprint density at radius 1 is 1.26 bits per heavy atom. The van der Waals surface area contributed by atoms with Crippen molar-refractivity contribution in [2.45, 2.75) is 40.7 Å². The van der Waals surface area contributed by atoms with Gasteiger partial charge in [-0.25, -0.2) is 0 Å². The summed E-state index contributed by atoms with van der Waals surface area (Å²) in [7, 11) is 0. The number of rotatable bonds is 4. The van der Waals surface area contributed by atoms with Crippen LogP contribution in [0.2, 0.25) is 0 Å². The fraction of sp³-hybridized carbons (Fsp3) is 0.467. The van der Waals surface area contributed by atoms with Gasteiger partial charge in [0.15, 0.2) is 4.77 Å². The molecule has 1 aromatic carbocycles. The largest absolute Gasteiger partial charge is 0.304 e. The van der Waals surface area contributed by atoms with Gasteiger partial charge in [-0.2, -0.15) is 5.10 Å². The molecule has 0 amide bonds. The molecule has 0 aliphatic heterocycles. The Morgan fingerprint density at radius 3 is 2.63 bits per heavy atom. The minimum atomic E-state index is 0.558. The van der Waals surface area contributed by atoms with Gasteiger partial charge in [0.25, 0.3) is 0 Å². The van der Waals surface area contributed by atoms with Gasteiger partial charge in [0, 0.05) is 13.0 Å². The molecule has 0 aliphatic carbocycles. The van der Waals surface area contributed by atoms with Crippen LogP contribution in [0.4, 0.5) is 0 Å². The zero-order valence-electron chi connectivity index (χ0n) is 12.0. The SMILES string of the molecule is Cc1ccc(Cc2n[nH]c(=S)n2CC(C)C)cc1C. The van der Waals surface area contributed by atoms with Gasteiger partial charge in [0.05, 0.1) is 0 Å². The number of hydrogen-bond donors (Lipinski definition) is 1. The van der Waals surface area contributed by atoms with Crippen molar-refractivity contribution in [3.63, 3.8) is 0 Å². The van der Waals surface area contributed by atoms with Crippen molar-refractivity contribution in [2.75, 3.05) is 0 Å². The molecular formula is C15H21N3S. The maximum atomic E-state index is 5.30. The van der Waals surface area contributed by atoms with E-state index in [0.29, 0.717) is 10.7 Å². The van der Waals surface area contributed by atoms with Gasteiger partial charge in [-0.1, -0.05) is 32.0 Å². The molecule has 0 unspecified atom stereocenters. The van der Waals surface area contributed by atoms with Crippen molar-refractivity contribution in [2.24, 2.45) is 5.92 Å². The Balaban J connectivity index is 2.28. The van der Waals surface area contributed by atoms with Crippen LogP contribution in [-0.2, 0) is 13.0 Å². The summed E-state index contributed by atoms with van der Waals surface area (Å²) in [6.45, 7) is 9.57. The Bertz CT molecular complexity index is 623. The molecule has 102 valence electrons. The van der Waals surface area contributed by atoms with Crippen LogP contribution in [0.1, 0.15) is 36.4 Å². The first-order chi connectivity index (χ1) is 8.97. The summed E-state index contributed by atoms with van der Waals surface area (Å²) >= 11 is 5.30. The molecular weight excluding hydrogens is 254 g/mol. The van der Waals surface area contributed by atoms with E-state index in [-0.39, 0.29) is 0 Å². The molecule has 19 heavy (non-hydrogen) atoms. The maximum Gasteiger partial charge on any atom is 0.195 e. The predicted molar refractivity (Wildman–Crippen MR) is 81.0 cm³/mol. The van der Waals surface area contributed by atoms with Crippen LogP contribution >= 0.6 is 12.2 Å². The summed E-state index contributed by atoms with van der Waals surface area (Å²) in [5, 5.41) is 7.27. The van der Waals surface area contributed by atoms with Crippen LogP contribution < -0.4 is 0 Å². The third kappa shape index (κ3) is 3.32. The highest BCUT2D eigenvalue weighted by atomic mass is 32.1. The lowest BCUT2D eigenvalue weighted by Crippen LogP contribution is -2.09. The molecule has 2 aromatic rings. The number of aromatic amines is 1. The second-order valence-electron chi connectivity index (χ2n) is 5.54. The fourth-order valence-corrected chi connectivity index (χ4v) is 2.36. The van der Waals surface area contributed by atoms with Crippen LogP contribution in [0.5, 0.6) is 0 Å². The van der Waals surface area contributed by atoms with Gasteiger partial charge < -0.3 is 4.57 Å². The van der Waals surface area contributed by atoms with Crippen LogP contribution in [-0.4, -0.2) is 14.8 Å². The van der Waals surface area contributed by atoms with Crippen molar-refractivity contribution in [3.8, 4) is 0 Å². The number of nitrogens with one attached hydrogen (secondary N) is 1. The molecule has 1 N–H and O–H groups in total. The molecule has 0 atom stereocenters. The lowest BCUT2D eigenvalue weighted by Gasteiger charge is -2.10. The van der Waals surface area contributed by atoms with E-state index < -0.39 is 0 Å². The van der Waals surface area contributed by atoms with E-state index in [1.807, 2.05) is 0 Å². The summed E-state index contributed by atoms with van der Waals surface area (Å²) in [6, 6.07) is 6.56. The van der Waals surface area contributed by atoms with Gasteiger partial charge in [-0.05, 0) is 48.7 Å². The van der Waals surface area contributed by atoms with Gasteiger partial charge in [-0.15, -0.1) is 0 Å². The Kier molecular flexibility index (Phi) is 4.20. The number of nitrogens with zero attached hydrogens (tertiary/aromatic N) is 2. The number of H-pyrrole nitrogens is 1. The van der Waals surface area contributed by atoms with E-state index in [4.69, 9.17) is 12.2 Å². The first-order valence-electron chi connectivity index (χ1n) is 6.67. The smallest absolute Gasteiger partial charge is 0.195 e. The third-order valence-electron chi connectivity index (χ3n) is 3.32. The molecule has 0 fully saturated rings. The van der Waals surface area contributed by atoms with Gasteiger partial charge in [-0.3, -0.25) is 5.10 Å². The van der Waals surface area contributed by atoms with Crippen LogP contribution in [0, 0.1) is 24.5 Å². The average Bonchev–Trinajstić information content (AvgIpc) is 2.66. The topological polar surface area (TPSA) is 33.6 Å². The van der Waals surface area contributed by atoms with Crippen molar-refractivity contribution < 1.29 is 0 Å². The highest BCUT2D eigenvalue weighted by Crippen LogP contribution is 2.14. The van der Waals surface area contributed by atoms with Crippen molar-refractivity contribution >= 4 is 12.2 Å². The average molecular weight is 275 g/mol. The Labute approximate surface area is 119 Å². The van der Waals surface area contributed by atoms with Gasteiger partial charge >= 0.3 is 0 Å². The zero-order chi connectivity index (χ0) is 14.0. The molecule has 4 heteroatoms. The van der Waals surface area contributed by atoms with E-state index in [0.717, 1.165) is 18.8 Å². The number of benzene rings is 1. The van der Waals surface area contributed by atoms with Gasteiger partial charge in [0.1, 0.15) is 5.82 Å². The normalized spacial score (nSPS) is 11.2. The standard InChI is InChI=1S/C15H21N3S/c1-10(2)9-18-14(16-17-15(18)19)8-13-6-5-11(3)12(4)7-13/h5-7,10H,8-9H2,1-4H3,(H,17,19). The number of aromatic nitrogens is 3. The summed E-state index contributed by atoms with van der Waals surface area (Å²) < 4.78 is 2.82. The van der Waals surface area contributed by atoms with E-state index in [2.05, 4.69) is 60.7 Å². The van der Waals surface area contributed by atoms with E-state index >= 15 is 0 Å². The molecule has 0 bridgehead atoms. The lowest BCUT2D eigenvalue weighted by molar-refractivity contribution is 0.505. The quantitative estimate of drug-likeness (QED) is 0.861. The highest BCUT2D eigenvalue weighted by Gasteiger charge is 2.09. The zero-order valence-corrected chi connectivity index (χ0v) is 12.8. The Morgan fingerprint density at radius 2 is 2.00 bits per heavy atom. The molecule has 1 heterocycles. The molecule has 2 rings (SSSR count). The second kappa shape index (κ2) is 5.70. The first-order valence-corrected chi connectivity index (χ1v) is 7.08. The van der Waals surface area contributed by atoms with Crippen molar-refractivity contribution in [1.82, 2.24) is 14.8 Å². The summed E-state index contributed by atoms with van der Waals surface area (Å²) in [5.41, 5.74) is 3.92. The lowest BCUT2D eigenvalue weighted by atomic mass is 10.0. The monoisotopic (exact) mass is 275 g/mol. The maximum absolute atomic E-state index is 5.30. The molecule has 0 aliphatic rings. The molecule has 0 saturated carbocycles. The predicted octanol–water partition coefficient (Wildman–Crippen LogP) is 3.80. The number of hydrogen-bond acceptors (Lipinski definition) is 2. The summed E-state index contributed by atoms with van der Waals surface area (Å²) in [4.78, 5) is 0. The highest BCUT2D eigenvalue weighted by molar-refractivity contribution is 7.71. The fourth-order valence-electron chi connectivity index (χ4n) is 2.13. The van der Waals surface area contributed by atoms with Crippen LogP contribution in [0.25, 0.3) is 0 Å². The summed E-state index contributed by atoms with van der Waals surface area (Å²) in [5.74, 6) is 1.57. The van der Waals surface area contributed by atoms with E-state index in [9.17, 15) is 0 Å². The minimum Gasteiger partial charge on any atom is -0.304 e. The van der Waals surface area contributed by atoms with Crippen molar-refractivity contribution in [1.29, 1.82) is 0 Å². The second-order valence-corrected chi connectivity index (χ2v) is 5.93. The molecule has 3 nitrogen and oxygen atoms in total. The number of aryl methyl sites for hydroxylation is 2. The Hall–Kier alpha value is -1.42. The van der Waals surface area contributed by atoms with Crippen molar-refractivity contribution in [3.05, 3.63) is 45.5 Å². The third-order valence-corrected chi connectivity index (χ3v) is 3.63. The summed E-state index contributed by atoms with van der Waals surface area (Å²) in [6.07, 6.45) is 0.820.